The Morgan fingerprint density at radius 2 is 1.82 bits per heavy atom. The van der Waals surface area contributed by atoms with Gasteiger partial charge in [-0.1, -0.05) is 24.3 Å². The molecule has 0 heterocycles. The number of carbonyl (C=O) groups excluding carboxylic acids is 2. The number of anilines is 1. The number of ether oxygens (including phenoxy) is 1. The van der Waals surface area contributed by atoms with Crippen LogP contribution in [0.15, 0.2) is 42.5 Å². The largest absolute Gasteiger partial charge is 0.426 e. The van der Waals surface area contributed by atoms with Gasteiger partial charge in [-0.3, -0.25) is 9.59 Å². The maximum atomic E-state index is 12.0. The van der Waals surface area contributed by atoms with Gasteiger partial charge in [0.1, 0.15) is 5.75 Å². The van der Waals surface area contributed by atoms with Crippen molar-refractivity contribution in [3.8, 4) is 5.75 Å². The number of benzene rings is 2. The molecule has 0 bridgehead atoms. The Hall–Kier alpha value is -2.62. The van der Waals surface area contributed by atoms with Crippen LogP contribution in [0.1, 0.15) is 23.6 Å². The van der Waals surface area contributed by atoms with Crippen molar-refractivity contribution in [1.82, 2.24) is 0 Å². The minimum absolute atomic E-state index is 0.168. The molecule has 0 aliphatic carbocycles. The van der Waals surface area contributed by atoms with Crippen LogP contribution in [0.2, 0.25) is 0 Å². The SMILES string of the molecule is CC(=O)Nc1cccc(OC(=O)Cc2ccc(C)c(C)c2)c1. The second-order valence-electron chi connectivity index (χ2n) is 5.28. The summed E-state index contributed by atoms with van der Waals surface area (Å²) in [6.07, 6.45) is 0.214. The minimum Gasteiger partial charge on any atom is -0.426 e. The molecule has 114 valence electrons. The zero-order valence-electron chi connectivity index (χ0n) is 13.0. The molecule has 0 unspecified atom stereocenters. The molecule has 22 heavy (non-hydrogen) atoms. The second-order valence-corrected chi connectivity index (χ2v) is 5.28. The molecule has 0 aromatic heterocycles. The highest BCUT2D eigenvalue weighted by atomic mass is 16.5. The van der Waals surface area contributed by atoms with Crippen molar-refractivity contribution < 1.29 is 14.3 Å². The highest BCUT2D eigenvalue weighted by molar-refractivity contribution is 5.89. The standard InChI is InChI=1S/C18H19NO3/c1-12-7-8-15(9-13(12)2)10-18(21)22-17-6-4-5-16(11-17)19-14(3)20/h4-9,11H,10H2,1-3H3,(H,19,20). The van der Waals surface area contributed by atoms with Crippen LogP contribution in [-0.4, -0.2) is 11.9 Å². The van der Waals surface area contributed by atoms with E-state index in [9.17, 15) is 9.59 Å². The number of esters is 1. The van der Waals surface area contributed by atoms with E-state index >= 15 is 0 Å². The van der Waals surface area contributed by atoms with Crippen molar-refractivity contribution in [3.05, 3.63) is 59.2 Å². The molecule has 0 saturated heterocycles. The zero-order chi connectivity index (χ0) is 16.1. The number of carbonyl (C=O) groups is 2. The van der Waals surface area contributed by atoms with Crippen molar-refractivity contribution in [2.45, 2.75) is 27.2 Å². The first-order valence-electron chi connectivity index (χ1n) is 7.08. The van der Waals surface area contributed by atoms with Crippen LogP contribution in [0.25, 0.3) is 0 Å². The summed E-state index contributed by atoms with van der Waals surface area (Å²) >= 11 is 0. The van der Waals surface area contributed by atoms with E-state index in [0.29, 0.717) is 11.4 Å². The van der Waals surface area contributed by atoms with Gasteiger partial charge in [-0.25, -0.2) is 0 Å². The van der Waals surface area contributed by atoms with Crippen LogP contribution in [0.5, 0.6) is 5.75 Å². The number of hydrogen-bond donors (Lipinski definition) is 1. The van der Waals surface area contributed by atoms with Gasteiger partial charge in [0.05, 0.1) is 6.42 Å². The lowest BCUT2D eigenvalue weighted by atomic mass is 10.0. The van der Waals surface area contributed by atoms with E-state index in [1.54, 1.807) is 24.3 Å². The molecule has 1 amide bonds. The Morgan fingerprint density at radius 1 is 1.05 bits per heavy atom. The van der Waals surface area contributed by atoms with Crippen molar-refractivity contribution in [1.29, 1.82) is 0 Å². The van der Waals surface area contributed by atoms with Crippen molar-refractivity contribution in [3.63, 3.8) is 0 Å². The molecule has 1 N–H and O–H groups in total. The van der Waals surface area contributed by atoms with E-state index in [2.05, 4.69) is 5.32 Å². The van der Waals surface area contributed by atoms with E-state index < -0.39 is 0 Å². The van der Waals surface area contributed by atoms with E-state index in [1.165, 1.54) is 12.5 Å². The number of rotatable bonds is 4. The van der Waals surface area contributed by atoms with Crippen LogP contribution in [0.4, 0.5) is 5.69 Å². The third-order valence-electron chi connectivity index (χ3n) is 3.31. The highest BCUT2D eigenvalue weighted by Gasteiger charge is 2.08. The van der Waals surface area contributed by atoms with Gasteiger partial charge in [0, 0.05) is 18.7 Å². The molecule has 0 atom stereocenters. The monoisotopic (exact) mass is 297 g/mol. The summed E-state index contributed by atoms with van der Waals surface area (Å²) < 4.78 is 5.32. The molecule has 0 saturated carbocycles. The number of nitrogens with one attached hydrogen (secondary N) is 1. The van der Waals surface area contributed by atoms with Crippen LogP contribution in [0.3, 0.4) is 0 Å². The lowest BCUT2D eigenvalue weighted by Crippen LogP contribution is -2.12. The number of hydrogen-bond acceptors (Lipinski definition) is 3. The lowest BCUT2D eigenvalue weighted by Gasteiger charge is -2.08. The van der Waals surface area contributed by atoms with E-state index in [0.717, 1.165) is 11.1 Å². The predicted octanol–water partition coefficient (Wildman–Crippen LogP) is 3.41. The van der Waals surface area contributed by atoms with E-state index in [-0.39, 0.29) is 18.3 Å². The molecule has 4 heteroatoms. The van der Waals surface area contributed by atoms with Crippen LogP contribution in [-0.2, 0) is 16.0 Å². The third kappa shape index (κ3) is 4.45. The fourth-order valence-electron chi connectivity index (χ4n) is 2.09. The number of amides is 1. The predicted molar refractivity (Wildman–Crippen MR) is 86.0 cm³/mol. The Bertz CT molecular complexity index is 707. The Kier molecular flexibility index (Phi) is 4.94. The van der Waals surface area contributed by atoms with Gasteiger partial charge in [0.2, 0.25) is 5.91 Å². The Balaban J connectivity index is 2.02. The first-order valence-corrected chi connectivity index (χ1v) is 7.08. The molecule has 0 fully saturated rings. The Morgan fingerprint density at radius 3 is 2.50 bits per heavy atom. The van der Waals surface area contributed by atoms with Gasteiger partial charge in [-0.15, -0.1) is 0 Å². The third-order valence-corrected chi connectivity index (χ3v) is 3.31. The maximum Gasteiger partial charge on any atom is 0.315 e. The molecule has 2 aromatic carbocycles. The molecule has 0 spiro atoms. The average molecular weight is 297 g/mol. The molecule has 0 aliphatic heterocycles. The Labute approximate surface area is 130 Å². The van der Waals surface area contributed by atoms with E-state index in [4.69, 9.17) is 4.74 Å². The van der Waals surface area contributed by atoms with Crippen LogP contribution < -0.4 is 10.1 Å². The normalized spacial score (nSPS) is 10.1. The molecule has 2 aromatic rings. The summed E-state index contributed by atoms with van der Waals surface area (Å²) in [5, 5.41) is 2.65. The minimum atomic E-state index is -0.330. The zero-order valence-corrected chi connectivity index (χ0v) is 13.0. The lowest BCUT2D eigenvalue weighted by molar-refractivity contribution is -0.133. The topological polar surface area (TPSA) is 55.4 Å². The van der Waals surface area contributed by atoms with Gasteiger partial charge in [-0.2, -0.15) is 0 Å². The summed E-state index contributed by atoms with van der Waals surface area (Å²) in [6.45, 7) is 5.48. The van der Waals surface area contributed by atoms with Crippen LogP contribution in [0, 0.1) is 13.8 Å². The van der Waals surface area contributed by atoms with Crippen molar-refractivity contribution >= 4 is 17.6 Å². The van der Waals surface area contributed by atoms with Gasteiger partial charge >= 0.3 is 5.97 Å². The first-order chi connectivity index (χ1) is 10.4. The molecular weight excluding hydrogens is 278 g/mol. The summed E-state index contributed by atoms with van der Waals surface area (Å²) in [7, 11) is 0. The maximum absolute atomic E-state index is 12.0. The fraction of sp³-hybridized carbons (Fsp3) is 0.222. The summed E-state index contributed by atoms with van der Waals surface area (Å²) in [5.74, 6) is -0.0816. The van der Waals surface area contributed by atoms with Crippen LogP contribution >= 0.6 is 0 Å². The van der Waals surface area contributed by atoms with E-state index in [1.807, 2.05) is 32.0 Å². The van der Waals surface area contributed by atoms with Crippen molar-refractivity contribution in [2.75, 3.05) is 5.32 Å². The summed E-state index contributed by atoms with van der Waals surface area (Å²) in [5.41, 5.74) is 3.87. The first kappa shape index (κ1) is 15.8. The molecular formula is C18H19NO3. The quantitative estimate of drug-likeness (QED) is 0.695. The molecule has 2 rings (SSSR count). The molecule has 4 nitrogen and oxygen atoms in total. The second kappa shape index (κ2) is 6.89. The smallest absolute Gasteiger partial charge is 0.315 e. The summed E-state index contributed by atoms with van der Waals surface area (Å²) in [4.78, 5) is 23.0. The fourth-order valence-corrected chi connectivity index (χ4v) is 2.09. The molecule has 0 radical (unpaired) electrons. The van der Waals surface area contributed by atoms with Gasteiger partial charge in [-0.05, 0) is 42.7 Å². The number of aryl methyl sites for hydroxylation is 2. The highest BCUT2D eigenvalue weighted by Crippen LogP contribution is 2.18. The van der Waals surface area contributed by atoms with Gasteiger partial charge in [0.25, 0.3) is 0 Å². The van der Waals surface area contributed by atoms with Gasteiger partial charge in [0.15, 0.2) is 0 Å². The molecule has 0 aliphatic rings. The van der Waals surface area contributed by atoms with Crippen molar-refractivity contribution in [2.24, 2.45) is 0 Å². The summed E-state index contributed by atoms with van der Waals surface area (Å²) in [6, 6.07) is 12.7. The van der Waals surface area contributed by atoms with Gasteiger partial charge < -0.3 is 10.1 Å². The average Bonchev–Trinajstić information content (AvgIpc) is 2.42.